The van der Waals surface area contributed by atoms with Gasteiger partial charge in [0, 0.05) is 31.8 Å². The second-order valence-corrected chi connectivity index (χ2v) is 3.78. The van der Waals surface area contributed by atoms with E-state index in [0.29, 0.717) is 18.7 Å². The molecule has 1 aliphatic heterocycles. The molecule has 1 rings (SSSR count). The fourth-order valence-electron chi connectivity index (χ4n) is 1.45. The average molecular weight is 172 g/mol. The monoisotopic (exact) mass is 172 g/mol. The lowest BCUT2D eigenvalue weighted by molar-refractivity contribution is 0.0912. The van der Waals surface area contributed by atoms with E-state index in [2.05, 4.69) is 24.1 Å². The summed E-state index contributed by atoms with van der Waals surface area (Å²) in [6.07, 6.45) is 0.873. The second-order valence-electron chi connectivity index (χ2n) is 3.78. The maximum absolute atomic E-state index is 8.56. The number of nitrogens with one attached hydrogen (secondary N) is 1. The van der Waals surface area contributed by atoms with Gasteiger partial charge in [-0.25, -0.2) is 0 Å². The number of aliphatic hydroxyl groups excluding tert-OH is 1. The minimum atomic E-state index is 0.299. The molecule has 1 saturated heterocycles. The van der Waals surface area contributed by atoms with Gasteiger partial charge in [0.2, 0.25) is 0 Å². The van der Waals surface area contributed by atoms with Crippen LogP contribution in [0.4, 0.5) is 0 Å². The zero-order chi connectivity index (χ0) is 8.97. The van der Waals surface area contributed by atoms with Gasteiger partial charge < -0.3 is 10.4 Å². The first-order chi connectivity index (χ1) is 5.74. The molecule has 3 heteroatoms. The van der Waals surface area contributed by atoms with Crippen molar-refractivity contribution in [2.45, 2.75) is 32.4 Å². The molecule has 1 aliphatic rings. The van der Waals surface area contributed by atoms with E-state index in [1.54, 1.807) is 0 Å². The Labute approximate surface area is 74.8 Å². The molecule has 0 saturated carbocycles. The first-order valence-corrected chi connectivity index (χ1v) is 4.82. The van der Waals surface area contributed by atoms with Gasteiger partial charge in [-0.1, -0.05) is 0 Å². The number of hydrogen-bond acceptors (Lipinski definition) is 3. The zero-order valence-electron chi connectivity index (χ0n) is 8.08. The van der Waals surface area contributed by atoms with Crippen LogP contribution in [0, 0.1) is 0 Å². The van der Waals surface area contributed by atoms with Crippen LogP contribution in [0.15, 0.2) is 0 Å². The summed E-state index contributed by atoms with van der Waals surface area (Å²) in [5.74, 6) is 0. The molecule has 1 heterocycles. The molecule has 0 aliphatic carbocycles. The van der Waals surface area contributed by atoms with Crippen molar-refractivity contribution in [1.29, 1.82) is 0 Å². The van der Waals surface area contributed by atoms with Gasteiger partial charge in [0.25, 0.3) is 0 Å². The van der Waals surface area contributed by atoms with Crippen LogP contribution in [-0.4, -0.2) is 48.3 Å². The fourth-order valence-corrected chi connectivity index (χ4v) is 1.45. The lowest BCUT2D eigenvalue weighted by Gasteiger charge is -2.42. The van der Waals surface area contributed by atoms with Gasteiger partial charge in [-0.3, -0.25) is 4.90 Å². The summed E-state index contributed by atoms with van der Waals surface area (Å²) in [7, 11) is 0. The molecule has 1 fully saturated rings. The van der Waals surface area contributed by atoms with E-state index in [9.17, 15) is 0 Å². The third-order valence-corrected chi connectivity index (χ3v) is 2.41. The standard InChI is InChI=1S/C9H20N2O/c1-8(2)11-6-9(7-11)10-4-3-5-12/h8-10,12H,3-7H2,1-2H3. The van der Waals surface area contributed by atoms with Gasteiger partial charge in [0.15, 0.2) is 0 Å². The van der Waals surface area contributed by atoms with E-state index in [-0.39, 0.29) is 0 Å². The maximum atomic E-state index is 8.56. The van der Waals surface area contributed by atoms with Crippen molar-refractivity contribution in [3.63, 3.8) is 0 Å². The van der Waals surface area contributed by atoms with E-state index in [1.165, 1.54) is 13.1 Å². The molecule has 12 heavy (non-hydrogen) atoms. The zero-order valence-corrected chi connectivity index (χ0v) is 8.08. The largest absolute Gasteiger partial charge is 0.396 e. The first-order valence-electron chi connectivity index (χ1n) is 4.82. The van der Waals surface area contributed by atoms with Crippen LogP contribution in [0.2, 0.25) is 0 Å². The lowest BCUT2D eigenvalue weighted by atomic mass is 10.1. The van der Waals surface area contributed by atoms with Gasteiger partial charge in [-0.2, -0.15) is 0 Å². The molecular weight excluding hydrogens is 152 g/mol. The average Bonchev–Trinajstić information content (AvgIpc) is 1.93. The van der Waals surface area contributed by atoms with Crippen LogP contribution >= 0.6 is 0 Å². The van der Waals surface area contributed by atoms with Gasteiger partial charge >= 0.3 is 0 Å². The van der Waals surface area contributed by atoms with Crippen LogP contribution in [0.3, 0.4) is 0 Å². The topological polar surface area (TPSA) is 35.5 Å². The summed E-state index contributed by atoms with van der Waals surface area (Å²) in [5.41, 5.74) is 0. The Kier molecular flexibility index (Phi) is 3.98. The highest BCUT2D eigenvalue weighted by Gasteiger charge is 2.27. The molecule has 0 amide bonds. The second kappa shape index (κ2) is 4.80. The molecule has 0 bridgehead atoms. The van der Waals surface area contributed by atoms with Crippen LogP contribution < -0.4 is 5.32 Å². The van der Waals surface area contributed by atoms with Crippen molar-refractivity contribution in [1.82, 2.24) is 10.2 Å². The summed E-state index contributed by atoms with van der Waals surface area (Å²) in [6, 6.07) is 1.35. The van der Waals surface area contributed by atoms with E-state index in [4.69, 9.17) is 5.11 Å². The van der Waals surface area contributed by atoms with Crippen molar-refractivity contribution in [3.8, 4) is 0 Å². The summed E-state index contributed by atoms with van der Waals surface area (Å²) >= 11 is 0. The molecular formula is C9H20N2O. The molecule has 3 nitrogen and oxygen atoms in total. The van der Waals surface area contributed by atoms with E-state index in [0.717, 1.165) is 13.0 Å². The normalized spacial score (nSPS) is 20.0. The molecule has 0 spiro atoms. The van der Waals surface area contributed by atoms with Crippen LogP contribution in [-0.2, 0) is 0 Å². The highest BCUT2D eigenvalue weighted by Crippen LogP contribution is 2.11. The third-order valence-electron chi connectivity index (χ3n) is 2.41. The van der Waals surface area contributed by atoms with Crippen molar-refractivity contribution in [2.24, 2.45) is 0 Å². The molecule has 0 atom stereocenters. The molecule has 0 radical (unpaired) electrons. The van der Waals surface area contributed by atoms with Crippen LogP contribution in [0.1, 0.15) is 20.3 Å². The van der Waals surface area contributed by atoms with Crippen molar-refractivity contribution < 1.29 is 5.11 Å². The number of aliphatic hydroxyl groups is 1. The van der Waals surface area contributed by atoms with Gasteiger partial charge in [0.05, 0.1) is 0 Å². The molecule has 0 aromatic heterocycles. The highest BCUT2D eigenvalue weighted by molar-refractivity contribution is 4.87. The minimum Gasteiger partial charge on any atom is -0.396 e. The van der Waals surface area contributed by atoms with Crippen molar-refractivity contribution in [3.05, 3.63) is 0 Å². The number of nitrogens with zero attached hydrogens (tertiary/aromatic N) is 1. The first kappa shape index (κ1) is 9.96. The molecule has 0 aromatic rings. The summed E-state index contributed by atoms with van der Waals surface area (Å²) in [4.78, 5) is 2.44. The summed E-state index contributed by atoms with van der Waals surface area (Å²) in [5, 5.41) is 12.0. The molecule has 72 valence electrons. The van der Waals surface area contributed by atoms with E-state index in [1.807, 2.05) is 0 Å². The molecule has 2 N–H and O–H groups in total. The van der Waals surface area contributed by atoms with E-state index < -0.39 is 0 Å². The van der Waals surface area contributed by atoms with Gasteiger partial charge in [-0.15, -0.1) is 0 Å². The van der Waals surface area contributed by atoms with Crippen molar-refractivity contribution in [2.75, 3.05) is 26.2 Å². The predicted octanol–water partition coefficient (Wildman–Crippen LogP) is 0.0510. The Balaban J connectivity index is 1.95. The fraction of sp³-hybridized carbons (Fsp3) is 1.00. The smallest absolute Gasteiger partial charge is 0.0443 e. The Hall–Kier alpha value is -0.120. The third kappa shape index (κ3) is 2.73. The predicted molar refractivity (Wildman–Crippen MR) is 50.2 cm³/mol. The molecule has 0 unspecified atom stereocenters. The summed E-state index contributed by atoms with van der Waals surface area (Å²) < 4.78 is 0. The SMILES string of the molecule is CC(C)N1CC(NCCCO)C1. The quantitative estimate of drug-likeness (QED) is 0.575. The van der Waals surface area contributed by atoms with Crippen LogP contribution in [0.25, 0.3) is 0 Å². The maximum Gasteiger partial charge on any atom is 0.0443 e. The highest BCUT2D eigenvalue weighted by atomic mass is 16.3. The lowest BCUT2D eigenvalue weighted by Crippen LogP contribution is -2.60. The summed E-state index contributed by atoms with van der Waals surface area (Å²) in [6.45, 7) is 8.04. The van der Waals surface area contributed by atoms with E-state index >= 15 is 0 Å². The van der Waals surface area contributed by atoms with Crippen molar-refractivity contribution >= 4 is 0 Å². The van der Waals surface area contributed by atoms with Gasteiger partial charge in [-0.05, 0) is 26.8 Å². The number of rotatable bonds is 5. The molecule has 0 aromatic carbocycles. The Bertz CT molecular complexity index is 122. The minimum absolute atomic E-state index is 0.299. The number of hydrogen-bond donors (Lipinski definition) is 2. The van der Waals surface area contributed by atoms with Crippen LogP contribution in [0.5, 0.6) is 0 Å². The Morgan fingerprint density at radius 1 is 1.50 bits per heavy atom. The number of likely N-dealkylation sites (tertiary alicyclic amines) is 1. The van der Waals surface area contributed by atoms with Gasteiger partial charge in [0.1, 0.15) is 0 Å². The Morgan fingerprint density at radius 2 is 2.17 bits per heavy atom. The Morgan fingerprint density at radius 3 is 2.67 bits per heavy atom.